The first-order valence-electron chi connectivity index (χ1n) is 9.85. The third-order valence-electron chi connectivity index (χ3n) is 5.53. The van der Waals surface area contributed by atoms with Gasteiger partial charge in [-0.1, -0.05) is 23.3 Å². The van der Waals surface area contributed by atoms with Crippen LogP contribution in [0.4, 0.5) is 5.82 Å². The van der Waals surface area contributed by atoms with Crippen molar-refractivity contribution in [2.24, 2.45) is 10.9 Å². The molecule has 0 bridgehead atoms. The summed E-state index contributed by atoms with van der Waals surface area (Å²) < 4.78 is 1.99. The van der Waals surface area contributed by atoms with Crippen LogP contribution in [-0.4, -0.2) is 65.2 Å². The lowest BCUT2D eigenvalue weighted by atomic mass is 9.93. The predicted molar refractivity (Wildman–Crippen MR) is 136 cm³/mol. The van der Waals surface area contributed by atoms with Gasteiger partial charge in [0.2, 0.25) is 0 Å². The molecule has 30 heavy (non-hydrogen) atoms. The number of rotatable bonds is 6. The number of nitrogens with one attached hydrogen (secondary N) is 1. The second kappa shape index (κ2) is 9.66. The molecular weight excluding hydrogens is 455 g/mol. The first kappa shape index (κ1) is 22.2. The number of pyridine rings is 1. The zero-order valence-electron chi connectivity index (χ0n) is 17.3. The fraction of sp³-hybridized carbons (Fsp3) is 0.474. The lowest BCUT2D eigenvalue weighted by molar-refractivity contribution is 0.0961. The third-order valence-corrected chi connectivity index (χ3v) is 8.29. The molecule has 1 N–H and O–H groups in total. The van der Waals surface area contributed by atoms with E-state index in [1.807, 2.05) is 28.9 Å². The Kier molecular flexibility index (Phi) is 7.16. The number of likely N-dealkylation sites (N-methyl/N-ethyl adjacent to an activating group) is 1. The van der Waals surface area contributed by atoms with Crippen LogP contribution in [0.15, 0.2) is 41.0 Å². The van der Waals surface area contributed by atoms with Crippen LogP contribution in [0.25, 0.3) is 5.57 Å². The standard InChI is InChI=1S/C19H27N7S4/c1-23(2)17-7-6-13(11-21-17)15-12-24(3)25-18(26(29-27)30-28)9-16(22-19(15)25)14-5-4-8-20-10-14/h6-7,9,11,14,20,27-28H,4-5,8,10,12H2,1-3H3. The van der Waals surface area contributed by atoms with Gasteiger partial charge in [-0.15, -0.1) is 0 Å². The van der Waals surface area contributed by atoms with Gasteiger partial charge in [-0.25, -0.2) is 23.7 Å². The summed E-state index contributed by atoms with van der Waals surface area (Å²) in [5, 5.41) is 7.84. The van der Waals surface area contributed by atoms with E-state index in [1.165, 1.54) is 34.0 Å². The molecule has 1 aromatic rings. The maximum absolute atomic E-state index is 5.17. The van der Waals surface area contributed by atoms with Gasteiger partial charge in [-0.2, -0.15) is 0 Å². The Morgan fingerprint density at radius 3 is 2.63 bits per heavy atom. The highest BCUT2D eigenvalue weighted by Gasteiger charge is 2.37. The normalized spacial score (nSPS) is 22.0. The number of allylic oxidation sites excluding steroid dienone is 1. The van der Waals surface area contributed by atoms with Crippen LogP contribution in [0.3, 0.4) is 0 Å². The SMILES string of the molecule is CN(C)c1ccc(C2=C3N=C(C4CCCNC4)C=C(N(SS)SS)N3N(C)C2)cn1. The van der Waals surface area contributed by atoms with Gasteiger partial charge in [0.05, 0.1) is 5.71 Å². The molecule has 0 aliphatic carbocycles. The van der Waals surface area contributed by atoms with Crippen molar-refractivity contribution in [3.63, 3.8) is 0 Å². The molecule has 1 unspecified atom stereocenters. The van der Waals surface area contributed by atoms with Crippen molar-refractivity contribution in [1.82, 2.24) is 24.0 Å². The Hall–Kier alpha value is -0.980. The number of aliphatic imine (C=N–C) groups is 1. The maximum atomic E-state index is 5.17. The summed E-state index contributed by atoms with van der Waals surface area (Å²) in [5.41, 5.74) is 3.39. The Morgan fingerprint density at radius 2 is 2.03 bits per heavy atom. The predicted octanol–water partition coefficient (Wildman–Crippen LogP) is 3.56. The molecule has 1 atom stereocenters. The highest BCUT2D eigenvalue weighted by atomic mass is 33.1. The Labute approximate surface area is 196 Å². The van der Waals surface area contributed by atoms with Crippen LogP contribution < -0.4 is 10.2 Å². The Bertz CT molecular complexity index is 858. The van der Waals surface area contributed by atoms with Crippen LogP contribution in [-0.2, 0) is 0 Å². The molecule has 0 saturated carbocycles. The van der Waals surface area contributed by atoms with E-state index in [-0.39, 0.29) is 0 Å². The van der Waals surface area contributed by atoms with E-state index in [0.717, 1.165) is 54.8 Å². The summed E-state index contributed by atoms with van der Waals surface area (Å²) in [7, 11) is 8.77. The molecule has 1 aromatic heterocycles. The van der Waals surface area contributed by atoms with Crippen molar-refractivity contribution in [3.8, 4) is 0 Å². The number of piperidine rings is 1. The number of hydrogen-bond donors (Lipinski definition) is 3. The van der Waals surface area contributed by atoms with E-state index in [2.05, 4.69) is 68.9 Å². The third kappa shape index (κ3) is 4.33. The number of fused-ring (bicyclic) bond motifs is 1. The molecule has 0 radical (unpaired) electrons. The molecule has 3 aliphatic rings. The van der Waals surface area contributed by atoms with Gasteiger partial charge in [-0.05, 0) is 31.5 Å². The van der Waals surface area contributed by atoms with Crippen LogP contribution in [0.1, 0.15) is 18.4 Å². The van der Waals surface area contributed by atoms with Gasteiger partial charge in [-0.3, -0.25) is 0 Å². The monoisotopic (exact) mass is 481 g/mol. The lowest BCUT2D eigenvalue weighted by Crippen LogP contribution is -2.41. The Balaban J connectivity index is 1.78. The number of thiol groups is 2. The van der Waals surface area contributed by atoms with E-state index in [1.54, 1.807) is 0 Å². The minimum Gasteiger partial charge on any atom is -0.363 e. The largest absolute Gasteiger partial charge is 0.363 e. The fourth-order valence-electron chi connectivity index (χ4n) is 4.00. The van der Waals surface area contributed by atoms with Crippen molar-refractivity contribution >= 4 is 62.4 Å². The molecule has 1 saturated heterocycles. The topological polar surface area (TPSA) is 50.2 Å². The van der Waals surface area contributed by atoms with Gasteiger partial charge in [0.1, 0.15) is 11.6 Å². The minimum absolute atomic E-state index is 0.404. The van der Waals surface area contributed by atoms with Crippen molar-refractivity contribution in [1.29, 1.82) is 0 Å². The molecule has 4 heterocycles. The van der Waals surface area contributed by atoms with E-state index in [9.17, 15) is 0 Å². The summed E-state index contributed by atoms with van der Waals surface area (Å²) in [6.07, 6.45) is 6.45. The van der Waals surface area contributed by atoms with Crippen LogP contribution in [0, 0.1) is 5.92 Å². The van der Waals surface area contributed by atoms with Crippen molar-refractivity contribution in [2.75, 3.05) is 45.7 Å². The molecule has 7 nitrogen and oxygen atoms in total. The fourth-order valence-corrected chi connectivity index (χ4v) is 6.12. The summed E-state index contributed by atoms with van der Waals surface area (Å²) in [6, 6.07) is 4.19. The summed E-state index contributed by atoms with van der Waals surface area (Å²) >= 11 is 8.90. The van der Waals surface area contributed by atoms with Crippen LogP contribution in [0.2, 0.25) is 0 Å². The average Bonchev–Trinajstić information content (AvgIpc) is 3.11. The first-order chi connectivity index (χ1) is 14.5. The number of hydrogen-bond acceptors (Lipinski definition) is 11. The molecule has 3 aliphatic heterocycles. The second-order valence-electron chi connectivity index (χ2n) is 7.73. The minimum atomic E-state index is 0.404. The van der Waals surface area contributed by atoms with Gasteiger partial charge in [0.15, 0.2) is 5.82 Å². The number of hydrazine groups is 1. The van der Waals surface area contributed by atoms with Gasteiger partial charge >= 0.3 is 0 Å². The van der Waals surface area contributed by atoms with Crippen LogP contribution in [0.5, 0.6) is 0 Å². The molecule has 0 amide bonds. The number of nitrogens with zero attached hydrogens (tertiary/aromatic N) is 6. The molecule has 4 rings (SSSR count). The highest BCUT2D eigenvalue weighted by molar-refractivity contribution is 8.75. The van der Waals surface area contributed by atoms with Gasteiger partial charge < -0.3 is 10.2 Å². The molecule has 1 fully saturated rings. The van der Waals surface area contributed by atoms with Crippen LogP contribution >= 0.6 is 45.3 Å². The van der Waals surface area contributed by atoms with E-state index >= 15 is 0 Å². The quantitative estimate of drug-likeness (QED) is 0.324. The summed E-state index contributed by atoms with van der Waals surface area (Å²) in [4.78, 5) is 11.8. The number of anilines is 1. The van der Waals surface area contributed by atoms with Crippen molar-refractivity contribution in [2.45, 2.75) is 12.8 Å². The summed E-state index contributed by atoms with van der Waals surface area (Å²) in [5.74, 6) is 3.32. The zero-order valence-corrected chi connectivity index (χ0v) is 20.7. The molecule has 11 heteroatoms. The average molecular weight is 482 g/mol. The second-order valence-corrected chi connectivity index (χ2v) is 10.00. The Morgan fingerprint density at radius 1 is 1.23 bits per heavy atom. The lowest BCUT2D eigenvalue weighted by Gasteiger charge is -2.37. The summed E-state index contributed by atoms with van der Waals surface area (Å²) in [6.45, 7) is 2.80. The molecule has 0 spiro atoms. The van der Waals surface area contributed by atoms with Gasteiger partial charge in [0.25, 0.3) is 0 Å². The van der Waals surface area contributed by atoms with Crippen molar-refractivity contribution in [3.05, 3.63) is 41.6 Å². The van der Waals surface area contributed by atoms with Crippen molar-refractivity contribution < 1.29 is 0 Å². The first-order valence-corrected chi connectivity index (χ1v) is 13.5. The highest BCUT2D eigenvalue weighted by Crippen LogP contribution is 2.43. The van der Waals surface area contributed by atoms with Gasteiger partial charge in [0, 0.05) is 85.5 Å². The smallest absolute Gasteiger partial charge is 0.154 e. The zero-order chi connectivity index (χ0) is 21.3. The maximum Gasteiger partial charge on any atom is 0.154 e. The number of aromatic nitrogens is 1. The molecule has 162 valence electrons. The van der Waals surface area contributed by atoms with E-state index in [4.69, 9.17) is 4.99 Å². The van der Waals surface area contributed by atoms with E-state index < -0.39 is 0 Å². The van der Waals surface area contributed by atoms with E-state index in [0.29, 0.717) is 5.92 Å². The molecule has 0 aromatic carbocycles. The molecular formula is C19H27N7S4.